The lowest BCUT2D eigenvalue weighted by Crippen LogP contribution is -2.23. The summed E-state index contributed by atoms with van der Waals surface area (Å²) < 4.78 is 6.01. The van der Waals surface area contributed by atoms with Gasteiger partial charge in [0, 0.05) is 10.2 Å². The van der Waals surface area contributed by atoms with Crippen molar-refractivity contribution in [2.75, 3.05) is 11.9 Å². The highest BCUT2D eigenvalue weighted by molar-refractivity contribution is 9.10. The van der Waals surface area contributed by atoms with Crippen LogP contribution in [-0.4, -0.2) is 18.5 Å². The molecule has 0 aliphatic carbocycles. The number of esters is 1. The molecule has 1 N–H and O–H groups in total. The Hall–Kier alpha value is -2.14. The van der Waals surface area contributed by atoms with Crippen molar-refractivity contribution in [3.63, 3.8) is 0 Å². The summed E-state index contributed by atoms with van der Waals surface area (Å²) in [5.74, 6) is -1.10. The van der Waals surface area contributed by atoms with Gasteiger partial charge in [0.15, 0.2) is 6.61 Å². The number of rotatable bonds is 6. The second-order valence-electron chi connectivity index (χ2n) is 5.04. The third kappa shape index (κ3) is 5.21. The van der Waals surface area contributed by atoms with Crippen molar-refractivity contribution in [3.8, 4) is 0 Å². The van der Waals surface area contributed by atoms with Gasteiger partial charge in [-0.05, 0) is 30.2 Å². The van der Waals surface area contributed by atoms with Gasteiger partial charge in [0.1, 0.15) is 0 Å². The Morgan fingerprint density at radius 2 is 1.87 bits per heavy atom. The van der Waals surface area contributed by atoms with Crippen LogP contribution in [0.2, 0.25) is 0 Å². The molecule has 23 heavy (non-hydrogen) atoms. The minimum absolute atomic E-state index is 0.297. The van der Waals surface area contributed by atoms with Crippen LogP contribution in [0.4, 0.5) is 5.69 Å². The summed E-state index contributed by atoms with van der Waals surface area (Å²) in [6.45, 7) is 1.62. The van der Waals surface area contributed by atoms with Gasteiger partial charge in [0.05, 0.1) is 5.92 Å². The van der Waals surface area contributed by atoms with E-state index in [1.54, 1.807) is 12.1 Å². The van der Waals surface area contributed by atoms with E-state index >= 15 is 0 Å². The predicted molar refractivity (Wildman–Crippen MR) is 93.2 cm³/mol. The molecule has 0 saturated heterocycles. The molecule has 0 radical (unpaired) electrons. The number of carbonyl (C=O) groups excluding carboxylic acids is 2. The zero-order valence-corrected chi connectivity index (χ0v) is 14.4. The third-order valence-electron chi connectivity index (χ3n) is 3.35. The van der Waals surface area contributed by atoms with Gasteiger partial charge in [0.25, 0.3) is 5.91 Å². The van der Waals surface area contributed by atoms with E-state index in [0.29, 0.717) is 12.1 Å². The first-order valence-corrected chi connectivity index (χ1v) is 8.16. The Morgan fingerprint density at radius 1 is 1.13 bits per heavy atom. The van der Waals surface area contributed by atoms with E-state index in [1.807, 2.05) is 49.4 Å². The molecule has 2 aromatic carbocycles. The van der Waals surface area contributed by atoms with Crippen LogP contribution in [-0.2, 0) is 14.3 Å². The molecule has 0 aliphatic heterocycles. The molecule has 1 atom stereocenters. The van der Waals surface area contributed by atoms with E-state index in [9.17, 15) is 9.59 Å². The van der Waals surface area contributed by atoms with Gasteiger partial charge in [-0.15, -0.1) is 0 Å². The van der Waals surface area contributed by atoms with E-state index in [4.69, 9.17) is 4.74 Å². The number of anilines is 1. The normalized spacial score (nSPS) is 11.6. The van der Waals surface area contributed by atoms with Gasteiger partial charge < -0.3 is 10.1 Å². The molecule has 0 bridgehead atoms. The lowest BCUT2D eigenvalue weighted by atomic mass is 9.97. The molecular weight excluding hydrogens is 358 g/mol. The summed E-state index contributed by atoms with van der Waals surface area (Å²) >= 11 is 3.33. The Labute approximate surface area is 144 Å². The van der Waals surface area contributed by atoms with Crippen LogP contribution in [0.3, 0.4) is 0 Å². The lowest BCUT2D eigenvalue weighted by molar-refractivity contribution is -0.149. The van der Waals surface area contributed by atoms with E-state index < -0.39 is 0 Å². The average Bonchev–Trinajstić information content (AvgIpc) is 2.55. The zero-order valence-electron chi connectivity index (χ0n) is 12.8. The first kappa shape index (κ1) is 17.2. The molecule has 0 heterocycles. The molecule has 2 rings (SSSR count). The minimum atomic E-state index is -0.386. The second-order valence-corrected chi connectivity index (χ2v) is 5.95. The molecule has 0 saturated carbocycles. The maximum atomic E-state index is 12.2. The quantitative estimate of drug-likeness (QED) is 0.772. The van der Waals surface area contributed by atoms with Crippen molar-refractivity contribution >= 4 is 33.5 Å². The van der Waals surface area contributed by atoms with Gasteiger partial charge in [-0.25, -0.2) is 0 Å². The highest BCUT2D eigenvalue weighted by Crippen LogP contribution is 2.21. The largest absolute Gasteiger partial charge is 0.455 e. The van der Waals surface area contributed by atoms with Crippen molar-refractivity contribution < 1.29 is 14.3 Å². The van der Waals surface area contributed by atoms with Crippen molar-refractivity contribution in [3.05, 3.63) is 64.6 Å². The number of ether oxygens (including phenoxy) is 1. The first-order valence-electron chi connectivity index (χ1n) is 7.37. The van der Waals surface area contributed by atoms with Crippen LogP contribution >= 0.6 is 15.9 Å². The summed E-state index contributed by atoms with van der Waals surface area (Å²) in [6.07, 6.45) is 0.621. The monoisotopic (exact) mass is 375 g/mol. The summed E-state index contributed by atoms with van der Waals surface area (Å²) in [7, 11) is 0. The molecule has 4 nitrogen and oxygen atoms in total. The van der Waals surface area contributed by atoms with Crippen LogP contribution in [0.25, 0.3) is 0 Å². The maximum Gasteiger partial charge on any atom is 0.313 e. The van der Waals surface area contributed by atoms with Crippen molar-refractivity contribution in [2.45, 2.75) is 19.3 Å². The average molecular weight is 376 g/mol. The first-order chi connectivity index (χ1) is 11.1. The molecule has 1 amide bonds. The van der Waals surface area contributed by atoms with Crippen molar-refractivity contribution in [2.24, 2.45) is 0 Å². The lowest BCUT2D eigenvalue weighted by Gasteiger charge is -2.14. The molecule has 1 unspecified atom stereocenters. The van der Waals surface area contributed by atoms with Crippen LogP contribution in [0.5, 0.6) is 0 Å². The highest BCUT2D eigenvalue weighted by Gasteiger charge is 2.20. The molecule has 5 heteroatoms. The van der Waals surface area contributed by atoms with E-state index in [2.05, 4.69) is 21.2 Å². The molecule has 0 aromatic heterocycles. The molecule has 2 aromatic rings. The van der Waals surface area contributed by atoms with Crippen LogP contribution < -0.4 is 5.32 Å². The highest BCUT2D eigenvalue weighted by atomic mass is 79.9. The Kier molecular flexibility index (Phi) is 6.35. The zero-order chi connectivity index (χ0) is 16.7. The number of benzene rings is 2. The minimum Gasteiger partial charge on any atom is -0.455 e. The summed E-state index contributed by atoms with van der Waals surface area (Å²) in [6, 6.07) is 16.6. The fourth-order valence-electron chi connectivity index (χ4n) is 2.22. The van der Waals surface area contributed by atoms with E-state index in [1.165, 1.54) is 0 Å². The van der Waals surface area contributed by atoms with Crippen LogP contribution in [0.15, 0.2) is 59.1 Å². The summed E-state index contributed by atoms with van der Waals surface area (Å²) in [5.41, 5.74) is 1.54. The van der Waals surface area contributed by atoms with Gasteiger partial charge in [-0.3, -0.25) is 9.59 Å². The predicted octanol–water partition coefficient (Wildman–Crippen LogP) is 4.12. The SMILES string of the molecule is CCC(C(=O)OCC(=O)Nc1cccc(Br)c1)c1ccccc1. The van der Waals surface area contributed by atoms with Crippen LogP contribution in [0, 0.1) is 0 Å². The smallest absolute Gasteiger partial charge is 0.313 e. The number of hydrogen-bond acceptors (Lipinski definition) is 3. The fraction of sp³-hybridized carbons (Fsp3) is 0.222. The number of amides is 1. The van der Waals surface area contributed by atoms with E-state index in [-0.39, 0.29) is 24.4 Å². The Morgan fingerprint density at radius 3 is 2.52 bits per heavy atom. The standard InChI is InChI=1S/C18H18BrNO3/c1-2-16(13-7-4-3-5-8-13)18(22)23-12-17(21)20-15-10-6-9-14(19)11-15/h3-11,16H,2,12H2,1H3,(H,20,21). The van der Waals surface area contributed by atoms with Gasteiger partial charge in [-0.1, -0.05) is 59.3 Å². The second kappa shape index (κ2) is 8.48. The van der Waals surface area contributed by atoms with Crippen LogP contribution in [0.1, 0.15) is 24.8 Å². The van der Waals surface area contributed by atoms with Crippen molar-refractivity contribution in [1.29, 1.82) is 0 Å². The summed E-state index contributed by atoms with van der Waals surface area (Å²) in [4.78, 5) is 24.0. The third-order valence-corrected chi connectivity index (χ3v) is 3.84. The fourth-order valence-corrected chi connectivity index (χ4v) is 2.62. The topological polar surface area (TPSA) is 55.4 Å². The summed E-state index contributed by atoms with van der Waals surface area (Å²) in [5, 5.41) is 2.69. The Balaban J connectivity index is 1.89. The molecular formula is C18H18BrNO3. The van der Waals surface area contributed by atoms with Gasteiger partial charge >= 0.3 is 5.97 Å². The molecule has 0 spiro atoms. The number of carbonyl (C=O) groups is 2. The number of hydrogen-bond donors (Lipinski definition) is 1. The van der Waals surface area contributed by atoms with E-state index in [0.717, 1.165) is 10.0 Å². The molecule has 0 aliphatic rings. The maximum absolute atomic E-state index is 12.2. The Bertz CT molecular complexity index is 673. The van der Waals surface area contributed by atoms with Gasteiger partial charge in [0.2, 0.25) is 0 Å². The van der Waals surface area contributed by atoms with Crippen molar-refractivity contribution in [1.82, 2.24) is 0 Å². The van der Waals surface area contributed by atoms with Gasteiger partial charge in [-0.2, -0.15) is 0 Å². The number of halogens is 1. The molecule has 120 valence electrons. The molecule has 0 fully saturated rings. The number of nitrogens with one attached hydrogen (secondary N) is 1.